The molecule has 1 aromatic carbocycles. The van der Waals surface area contributed by atoms with Gasteiger partial charge in [0.05, 0.1) is 17.4 Å². The number of carbonyl (C=O) groups is 1. The number of benzene rings is 1. The molecule has 0 radical (unpaired) electrons. The number of rotatable bonds is 10. The number of amides is 1. The molecule has 1 aliphatic rings. The van der Waals surface area contributed by atoms with Gasteiger partial charge in [-0.3, -0.25) is 4.72 Å². The van der Waals surface area contributed by atoms with E-state index >= 15 is 0 Å². The first kappa shape index (κ1) is 34.7. The highest BCUT2D eigenvalue weighted by molar-refractivity contribution is 7.92. The Hall–Kier alpha value is -4.66. The fraction of sp³-hybridized carbons (Fsp3) is 0.424. The molecular weight excluding hydrogens is 644 g/mol. The average Bonchev–Trinajstić information content (AvgIpc) is 3.00. The Kier molecular flexibility index (Phi) is 10.3. The zero-order chi connectivity index (χ0) is 34.6. The highest BCUT2D eigenvalue weighted by atomic mass is 32.2. The number of halogens is 2. The number of nitrogens with zero attached hydrogens (tertiary/aromatic N) is 4. The van der Waals surface area contributed by atoms with Crippen molar-refractivity contribution < 1.29 is 31.5 Å². The predicted octanol–water partition coefficient (Wildman–Crippen LogP) is 6.61. The molecule has 15 heteroatoms. The van der Waals surface area contributed by atoms with Crippen LogP contribution in [0, 0.1) is 6.92 Å². The molecule has 1 fully saturated rings. The van der Waals surface area contributed by atoms with Crippen molar-refractivity contribution in [3.63, 3.8) is 0 Å². The normalized spacial score (nSPS) is 16.8. The number of alkyl halides is 2. The zero-order valence-electron chi connectivity index (χ0n) is 27.4. The van der Waals surface area contributed by atoms with Gasteiger partial charge < -0.3 is 20.1 Å². The second kappa shape index (κ2) is 14.2. The van der Waals surface area contributed by atoms with E-state index in [0.717, 1.165) is 42.8 Å². The van der Waals surface area contributed by atoms with Crippen LogP contribution in [0.5, 0.6) is 5.75 Å². The lowest BCUT2D eigenvalue weighted by atomic mass is 9.91. The number of anilines is 2. The molecule has 0 unspecified atom stereocenters. The van der Waals surface area contributed by atoms with Crippen LogP contribution < -0.4 is 20.1 Å². The van der Waals surface area contributed by atoms with Crippen LogP contribution in [0.15, 0.2) is 53.6 Å². The second-order valence-electron chi connectivity index (χ2n) is 12.5. The lowest BCUT2D eigenvalue weighted by molar-refractivity contribution is -0.0517. The minimum atomic E-state index is -4.28. The fourth-order valence-corrected chi connectivity index (χ4v) is 6.69. The maximum Gasteiger partial charge on any atom is 0.407 e. The SMILES string of the molecule is CCc1cc(-c2ccc(NS(=O)(=O)c3ccccc3OC(F)F)nc2C)nc2cnc(NC3CCC(NC(=O)OC(C)(C)C)CC3)nc12. The predicted molar refractivity (Wildman–Crippen MR) is 178 cm³/mol. The molecule has 0 atom stereocenters. The molecule has 12 nitrogen and oxygen atoms in total. The number of alkyl carbamates (subject to hydrolysis) is 1. The number of pyridine rings is 2. The molecule has 1 amide bonds. The summed E-state index contributed by atoms with van der Waals surface area (Å²) in [6.45, 7) is 6.07. The van der Waals surface area contributed by atoms with E-state index in [-0.39, 0.29) is 17.9 Å². The number of sulfonamides is 1. The molecule has 3 N–H and O–H groups in total. The Morgan fingerprint density at radius 2 is 1.73 bits per heavy atom. The van der Waals surface area contributed by atoms with Crippen LogP contribution in [0.3, 0.4) is 0 Å². The maximum absolute atomic E-state index is 13.0. The molecule has 4 aromatic rings. The first-order chi connectivity index (χ1) is 22.7. The summed E-state index contributed by atoms with van der Waals surface area (Å²) in [7, 11) is -4.28. The molecule has 1 aliphatic carbocycles. The van der Waals surface area contributed by atoms with Crippen LogP contribution in [-0.2, 0) is 21.2 Å². The van der Waals surface area contributed by atoms with Crippen LogP contribution in [0.25, 0.3) is 22.3 Å². The number of fused-ring (bicyclic) bond motifs is 1. The highest BCUT2D eigenvalue weighted by Crippen LogP contribution is 2.30. The van der Waals surface area contributed by atoms with Crippen molar-refractivity contribution in [2.24, 2.45) is 0 Å². The number of aryl methyl sites for hydroxylation is 2. The van der Waals surface area contributed by atoms with Crippen molar-refractivity contribution in [1.82, 2.24) is 25.3 Å². The molecule has 0 bridgehead atoms. The summed E-state index contributed by atoms with van der Waals surface area (Å²) in [5, 5.41) is 6.39. The number of nitrogens with one attached hydrogen (secondary N) is 3. The topological polar surface area (TPSA) is 157 Å². The minimum absolute atomic E-state index is 0.00769. The van der Waals surface area contributed by atoms with E-state index in [0.29, 0.717) is 34.8 Å². The molecule has 1 saturated carbocycles. The van der Waals surface area contributed by atoms with Crippen LogP contribution in [0.4, 0.5) is 25.3 Å². The fourth-order valence-electron chi connectivity index (χ4n) is 5.55. The van der Waals surface area contributed by atoms with Gasteiger partial charge in [0.25, 0.3) is 10.0 Å². The Bertz CT molecular complexity index is 1900. The number of aromatic nitrogens is 4. The smallest absolute Gasteiger partial charge is 0.407 e. The van der Waals surface area contributed by atoms with Crippen molar-refractivity contribution in [1.29, 1.82) is 0 Å². The standard InChI is InChI=1S/C33H39F2N7O5S/c1-6-20-17-24(23-15-16-28(37-19(23)2)42-48(44,45)27-10-8-7-9-26(27)46-30(34)35)40-25-18-36-31(41-29(20)25)38-21-11-13-22(14-12-21)39-32(43)47-33(3,4)5/h7-10,15-18,21-22,30H,6,11-14H2,1-5H3,(H,37,42)(H,39,43)(H,36,38,41). The van der Waals surface area contributed by atoms with Gasteiger partial charge in [-0.2, -0.15) is 8.78 Å². The van der Waals surface area contributed by atoms with Crippen molar-refractivity contribution >= 4 is 38.9 Å². The first-order valence-electron chi connectivity index (χ1n) is 15.7. The Balaban J connectivity index is 1.28. The monoisotopic (exact) mass is 683 g/mol. The number of hydrogen-bond acceptors (Lipinski definition) is 10. The third kappa shape index (κ3) is 8.62. The quantitative estimate of drug-likeness (QED) is 0.166. The number of ether oxygens (including phenoxy) is 2. The summed E-state index contributed by atoms with van der Waals surface area (Å²) in [4.78, 5) is 30.2. The lowest BCUT2D eigenvalue weighted by Crippen LogP contribution is -2.42. The maximum atomic E-state index is 13.0. The van der Waals surface area contributed by atoms with Crippen molar-refractivity contribution in [2.45, 2.75) is 95.9 Å². The van der Waals surface area contributed by atoms with E-state index in [4.69, 9.17) is 14.7 Å². The first-order valence-corrected chi connectivity index (χ1v) is 17.2. The van der Waals surface area contributed by atoms with E-state index in [1.54, 1.807) is 19.2 Å². The summed E-state index contributed by atoms with van der Waals surface area (Å²) in [5.41, 5.74) is 3.52. The summed E-state index contributed by atoms with van der Waals surface area (Å²) in [5.74, 6) is 0.0416. The van der Waals surface area contributed by atoms with E-state index in [1.807, 2.05) is 33.8 Å². The third-order valence-corrected chi connectivity index (χ3v) is 9.14. The van der Waals surface area contributed by atoms with Gasteiger partial charge in [-0.05, 0) is 95.7 Å². The number of hydrogen-bond donors (Lipinski definition) is 3. The van der Waals surface area contributed by atoms with E-state index in [1.165, 1.54) is 24.3 Å². The zero-order valence-corrected chi connectivity index (χ0v) is 28.2. The van der Waals surface area contributed by atoms with Gasteiger partial charge in [0.1, 0.15) is 27.6 Å². The van der Waals surface area contributed by atoms with E-state index < -0.39 is 39.0 Å². The lowest BCUT2D eigenvalue weighted by Gasteiger charge is -2.30. The van der Waals surface area contributed by atoms with Crippen LogP contribution in [-0.4, -0.2) is 58.7 Å². The second-order valence-corrected chi connectivity index (χ2v) is 14.2. The Morgan fingerprint density at radius 3 is 2.40 bits per heavy atom. The van der Waals surface area contributed by atoms with E-state index in [9.17, 15) is 22.0 Å². The van der Waals surface area contributed by atoms with Gasteiger partial charge in [-0.15, -0.1) is 0 Å². The van der Waals surface area contributed by atoms with Crippen molar-refractivity contribution in [2.75, 3.05) is 10.0 Å². The van der Waals surface area contributed by atoms with Crippen LogP contribution in [0.1, 0.15) is 64.6 Å². The average molecular weight is 684 g/mol. The Morgan fingerprint density at radius 1 is 1.02 bits per heavy atom. The van der Waals surface area contributed by atoms with Crippen LogP contribution >= 0.6 is 0 Å². The van der Waals surface area contributed by atoms with Crippen molar-refractivity contribution in [3.05, 3.63) is 59.9 Å². The van der Waals surface area contributed by atoms with Crippen molar-refractivity contribution in [3.8, 4) is 17.0 Å². The minimum Gasteiger partial charge on any atom is -0.444 e. The molecule has 48 heavy (non-hydrogen) atoms. The molecule has 3 aromatic heterocycles. The van der Waals surface area contributed by atoms with E-state index in [2.05, 4.69) is 30.1 Å². The molecular formula is C33H39F2N7O5S. The summed E-state index contributed by atoms with van der Waals surface area (Å²) in [6, 6.07) is 10.5. The van der Waals surface area contributed by atoms with Gasteiger partial charge >= 0.3 is 12.7 Å². The Labute approximate surface area is 278 Å². The van der Waals surface area contributed by atoms with Gasteiger partial charge in [0, 0.05) is 23.3 Å². The van der Waals surface area contributed by atoms with Gasteiger partial charge in [-0.1, -0.05) is 19.1 Å². The molecule has 256 valence electrons. The molecule has 0 aliphatic heterocycles. The van der Waals surface area contributed by atoms with Crippen LogP contribution in [0.2, 0.25) is 0 Å². The molecule has 3 heterocycles. The summed E-state index contributed by atoms with van der Waals surface area (Å²) in [6.07, 6.45) is 5.25. The highest BCUT2D eigenvalue weighted by Gasteiger charge is 2.26. The summed E-state index contributed by atoms with van der Waals surface area (Å²) >= 11 is 0. The third-order valence-electron chi connectivity index (χ3n) is 7.74. The number of carbonyl (C=O) groups excluding carboxylic acids is 1. The molecule has 0 spiro atoms. The molecule has 0 saturated heterocycles. The van der Waals surface area contributed by atoms with Gasteiger partial charge in [0.2, 0.25) is 5.95 Å². The number of para-hydroxylation sites is 1. The molecule has 5 rings (SSSR count). The summed E-state index contributed by atoms with van der Waals surface area (Å²) < 4.78 is 63.8. The van der Waals surface area contributed by atoms with Gasteiger partial charge in [-0.25, -0.2) is 33.1 Å². The van der Waals surface area contributed by atoms with Gasteiger partial charge in [0.15, 0.2) is 0 Å². The largest absolute Gasteiger partial charge is 0.444 e.